The lowest BCUT2D eigenvalue weighted by atomic mass is 9.95. The van der Waals surface area contributed by atoms with Crippen molar-refractivity contribution >= 4 is 23.7 Å². The topological polar surface area (TPSA) is 63.6 Å². The van der Waals surface area contributed by atoms with E-state index in [1.54, 1.807) is 6.92 Å². The Morgan fingerprint density at radius 1 is 1.17 bits per heavy atom. The third-order valence-electron chi connectivity index (χ3n) is 5.38. The number of hydrogen-bond acceptors (Lipinski definition) is 4. The number of benzene rings is 1. The molecule has 1 aromatic carbocycles. The van der Waals surface area contributed by atoms with Crippen LogP contribution in [0.2, 0.25) is 5.02 Å². The van der Waals surface area contributed by atoms with Crippen LogP contribution in [0, 0.1) is 13.8 Å². The number of aromatic hydroxyl groups is 1. The first-order valence-corrected chi connectivity index (χ1v) is 10.7. The summed E-state index contributed by atoms with van der Waals surface area (Å²) in [5.74, 6) is 0.278. The van der Waals surface area contributed by atoms with Crippen molar-refractivity contribution in [2.24, 2.45) is 0 Å². The minimum absolute atomic E-state index is 0.0581. The lowest BCUT2D eigenvalue weighted by Crippen LogP contribution is -2.26. The highest BCUT2D eigenvalue weighted by atomic mass is 35.5. The zero-order valence-electron chi connectivity index (χ0n) is 19.3. The summed E-state index contributed by atoms with van der Waals surface area (Å²) >= 11 is 6.27. The van der Waals surface area contributed by atoms with E-state index < -0.39 is 5.60 Å². The van der Waals surface area contributed by atoms with Gasteiger partial charge in [-0.25, -0.2) is 0 Å². The highest BCUT2D eigenvalue weighted by molar-refractivity contribution is 6.32. The summed E-state index contributed by atoms with van der Waals surface area (Å²) in [6.45, 7) is 14.1. The Labute approximate surface area is 186 Å². The standard InChI is InChI=1S/C19H25ClO2.C6H10O2/c1-12(2)7-6-8-13(3)9-10-16-14(4)18(20)15(5)17(11-21)19(16)22;1-6(2)5(7)3-4-8-6/h7,9,11,22H,6,8,10H2,1-5H3;3-4H2,1-2H3/b13-9+;. The van der Waals surface area contributed by atoms with Gasteiger partial charge >= 0.3 is 0 Å². The van der Waals surface area contributed by atoms with Crippen molar-refractivity contribution < 1.29 is 19.4 Å². The number of hydrogen-bond donors (Lipinski definition) is 1. The molecule has 0 spiro atoms. The number of aldehydes is 1. The fraction of sp³-hybridized carbons (Fsp3) is 0.520. The molecule has 0 unspecified atom stereocenters. The molecule has 2 rings (SSSR count). The van der Waals surface area contributed by atoms with Gasteiger partial charge in [0, 0.05) is 17.0 Å². The Bertz CT molecular complexity index is 843. The number of ether oxygens (including phenoxy) is 1. The van der Waals surface area contributed by atoms with Crippen LogP contribution in [-0.2, 0) is 16.0 Å². The minimum Gasteiger partial charge on any atom is -0.507 e. The number of phenols is 1. The van der Waals surface area contributed by atoms with Gasteiger partial charge in [0.2, 0.25) is 0 Å². The first kappa shape index (κ1) is 26.1. The van der Waals surface area contributed by atoms with Gasteiger partial charge in [-0.05, 0) is 78.9 Å². The maximum absolute atomic E-state index is 11.2. The van der Waals surface area contributed by atoms with E-state index in [9.17, 15) is 14.7 Å². The molecular weight excluding hydrogens is 400 g/mol. The number of carbonyl (C=O) groups is 2. The quantitative estimate of drug-likeness (QED) is 0.412. The van der Waals surface area contributed by atoms with Crippen molar-refractivity contribution in [3.8, 4) is 5.75 Å². The molecule has 5 heteroatoms. The molecule has 30 heavy (non-hydrogen) atoms. The van der Waals surface area contributed by atoms with E-state index >= 15 is 0 Å². The molecule has 1 aliphatic rings. The SMILES string of the molecule is CC(C)=CCC/C(C)=C/Cc1c(C)c(Cl)c(C)c(C=O)c1O.CC1(C)OCCC1=O. The Morgan fingerprint density at radius 2 is 1.80 bits per heavy atom. The van der Waals surface area contributed by atoms with Gasteiger partial charge < -0.3 is 9.84 Å². The van der Waals surface area contributed by atoms with Gasteiger partial charge in [0.05, 0.1) is 12.2 Å². The second-order valence-corrected chi connectivity index (χ2v) is 8.91. The zero-order chi connectivity index (χ0) is 23.1. The molecule has 1 heterocycles. The third kappa shape index (κ3) is 7.10. The first-order chi connectivity index (χ1) is 13.9. The van der Waals surface area contributed by atoms with Crippen LogP contribution in [-0.4, -0.2) is 29.4 Å². The van der Waals surface area contributed by atoms with E-state index in [1.165, 1.54) is 11.1 Å². The van der Waals surface area contributed by atoms with Crippen LogP contribution in [0.4, 0.5) is 0 Å². The Kier molecular flexibility index (Phi) is 9.99. The number of halogens is 1. The molecule has 0 bridgehead atoms. The maximum atomic E-state index is 11.2. The third-order valence-corrected chi connectivity index (χ3v) is 5.95. The van der Waals surface area contributed by atoms with Gasteiger partial charge in [0.1, 0.15) is 11.4 Å². The minimum atomic E-state index is -0.486. The second kappa shape index (κ2) is 11.5. The average molecular weight is 435 g/mol. The monoisotopic (exact) mass is 434 g/mol. The molecule has 1 fully saturated rings. The van der Waals surface area contributed by atoms with Crippen molar-refractivity contribution in [1.29, 1.82) is 0 Å². The van der Waals surface area contributed by atoms with E-state index in [2.05, 4.69) is 32.9 Å². The van der Waals surface area contributed by atoms with Crippen LogP contribution in [0.3, 0.4) is 0 Å². The molecule has 1 aromatic rings. The summed E-state index contributed by atoms with van der Waals surface area (Å²) in [7, 11) is 0. The van der Waals surface area contributed by atoms with Gasteiger partial charge in [0.15, 0.2) is 12.1 Å². The van der Waals surface area contributed by atoms with E-state index in [0.717, 1.165) is 24.0 Å². The van der Waals surface area contributed by atoms with Crippen molar-refractivity contribution in [2.45, 2.75) is 79.8 Å². The lowest BCUT2D eigenvalue weighted by Gasteiger charge is -2.14. The van der Waals surface area contributed by atoms with Gasteiger partial charge in [-0.2, -0.15) is 0 Å². The van der Waals surface area contributed by atoms with Crippen LogP contribution in [0.25, 0.3) is 0 Å². The highest BCUT2D eigenvalue weighted by Crippen LogP contribution is 2.35. The molecular formula is C25H35ClO4. The first-order valence-electron chi connectivity index (χ1n) is 10.3. The Morgan fingerprint density at radius 3 is 2.23 bits per heavy atom. The largest absolute Gasteiger partial charge is 0.507 e. The van der Waals surface area contributed by atoms with Crippen molar-refractivity contribution in [2.75, 3.05) is 6.61 Å². The highest BCUT2D eigenvalue weighted by Gasteiger charge is 2.33. The van der Waals surface area contributed by atoms with Gasteiger partial charge in [-0.15, -0.1) is 0 Å². The molecule has 166 valence electrons. The zero-order valence-corrected chi connectivity index (χ0v) is 20.1. The predicted molar refractivity (Wildman–Crippen MR) is 124 cm³/mol. The van der Waals surface area contributed by atoms with Crippen LogP contribution < -0.4 is 0 Å². The number of Topliss-reactive ketones (excluding diaryl/α,β-unsaturated/α-hetero) is 1. The summed E-state index contributed by atoms with van der Waals surface area (Å²) in [5.41, 5.74) is 4.61. The molecule has 0 saturated carbocycles. The van der Waals surface area contributed by atoms with Crippen LogP contribution >= 0.6 is 11.6 Å². The molecule has 0 aliphatic carbocycles. The smallest absolute Gasteiger partial charge is 0.166 e. The number of phenolic OH excluding ortho intramolecular Hbond substituents is 1. The molecule has 0 aromatic heterocycles. The number of allylic oxidation sites excluding steroid dienone is 4. The lowest BCUT2D eigenvalue weighted by molar-refractivity contribution is -0.128. The van der Waals surface area contributed by atoms with Crippen molar-refractivity contribution in [3.63, 3.8) is 0 Å². The molecule has 1 N–H and O–H groups in total. The molecule has 4 nitrogen and oxygen atoms in total. The van der Waals surface area contributed by atoms with Crippen LogP contribution in [0.15, 0.2) is 23.3 Å². The average Bonchev–Trinajstić information content (AvgIpc) is 2.97. The second-order valence-electron chi connectivity index (χ2n) is 8.53. The summed E-state index contributed by atoms with van der Waals surface area (Å²) < 4.78 is 5.10. The fourth-order valence-electron chi connectivity index (χ4n) is 3.19. The number of carbonyl (C=O) groups excluding carboxylic acids is 2. The van der Waals surface area contributed by atoms with E-state index in [-0.39, 0.29) is 11.5 Å². The molecule has 1 aliphatic heterocycles. The van der Waals surface area contributed by atoms with Crippen molar-refractivity contribution in [1.82, 2.24) is 0 Å². The van der Waals surface area contributed by atoms with Crippen LogP contribution in [0.5, 0.6) is 5.75 Å². The summed E-state index contributed by atoms with van der Waals surface area (Å²) in [4.78, 5) is 21.9. The van der Waals surface area contributed by atoms with E-state index in [0.29, 0.717) is 41.9 Å². The Hall–Kier alpha value is -1.91. The summed E-state index contributed by atoms with van der Waals surface area (Å²) in [6.07, 6.45) is 8.17. The number of ketones is 1. The van der Waals surface area contributed by atoms with Crippen molar-refractivity contribution in [3.05, 3.63) is 50.6 Å². The molecule has 1 saturated heterocycles. The summed E-state index contributed by atoms with van der Waals surface area (Å²) in [6, 6.07) is 0. The summed E-state index contributed by atoms with van der Waals surface area (Å²) in [5, 5.41) is 10.9. The predicted octanol–water partition coefficient (Wildman–Crippen LogP) is 6.46. The Balaban J connectivity index is 0.000000467. The van der Waals surface area contributed by atoms with Gasteiger partial charge in [-0.3, -0.25) is 9.59 Å². The van der Waals surface area contributed by atoms with Crippen LogP contribution in [0.1, 0.15) is 80.9 Å². The van der Waals surface area contributed by atoms with E-state index in [1.807, 2.05) is 20.8 Å². The normalized spacial score (nSPS) is 15.5. The van der Waals surface area contributed by atoms with Gasteiger partial charge in [0.25, 0.3) is 0 Å². The maximum Gasteiger partial charge on any atom is 0.166 e. The van der Waals surface area contributed by atoms with E-state index in [4.69, 9.17) is 16.3 Å². The van der Waals surface area contributed by atoms with Gasteiger partial charge in [-0.1, -0.05) is 34.9 Å². The number of rotatable bonds is 6. The fourth-order valence-corrected chi connectivity index (χ4v) is 3.41. The molecule has 0 atom stereocenters. The molecule has 0 amide bonds. The molecule has 0 radical (unpaired) electrons.